The molecule has 0 radical (unpaired) electrons. The lowest BCUT2D eigenvalue weighted by Gasteiger charge is -2.28. The van der Waals surface area contributed by atoms with E-state index < -0.39 is 0 Å². The van der Waals surface area contributed by atoms with Gasteiger partial charge in [-0.1, -0.05) is 172 Å². The Morgan fingerprint density at radius 3 is 1.78 bits per heavy atom. The molecule has 2 aromatic heterocycles. The number of nitrogens with zero attached hydrogens (tertiary/aromatic N) is 4. The maximum atomic E-state index is 6.79. The molecule has 5 heteroatoms. The first kappa shape index (κ1) is 36.7. The molecule has 1 aliphatic carbocycles. The van der Waals surface area contributed by atoms with Crippen molar-refractivity contribution < 1.29 is 4.42 Å². The summed E-state index contributed by atoms with van der Waals surface area (Å²) in [5.74, 6) is 1.83. The number of hydrogen-bond acceptors (Lipinski definition) is 5. The highest BCUT2D eigenvalue weighted by atomic mass is 16.3. The van der Waals surface area contributed by atoms with Crippen molar-refractivity contribution in [3.05, 3.63) is 217 Å². The largest absolute Gasteiger partial charge is 0.456 e. The van der Waals surface area contributed by atoms with Crippen molar-refractivity contribution >= 4 is 49.8 Å². The summed E-state index contributed by atoms with van der Waals surface area (Å²) in [6, 6.07) is 72.6. The quantitative estimate of drug-likeness (QED) is 0.160. The molecule has 9 aromatic carbocycles. The number of furan rings is 1. The van der Waals surface area contributed by atoms with Gasteiger partial charge in [0.2, 0.25) is 0 Å². The number of hydrogen-bond donors (Lipinski definition) is 0. The minimum absolute atomic E-state index is 0.146. The second kappa shape index (κ2) is 14.5. The van der Waals surface area contributed by atoms with E-state index in [-0.39, 0.29) is 5.41 Å². The van der Waals surface area contributed by atoms with Gasteiger partial charge in [0.05, 0.1) is 0 Å². The molecular weight excluding hydrogens is 769 g/mol. The van der Waals surface area contributed by atoms with Crippen LogP contribution in [0.15, 0.2) is 211 Å². The van der Waals surface area contributed by atoms with Crippen molar-refractivity contribution in [3.8, 4) is 56.4 Å². The van der Waals surface area contributed by atoms with E-state index in [1.165, 1.54) is 33.4 Å². The third-order valence-corrected chi connectivity index (χ3v) is 12.7. The van der Waals surface area contributed by atoms with Gasteiger partial charge in [0, 0.05) is 56.0 Å². The Morgan fingerprint density at radius 1 is 0.381 bits per heavy atom. The Hall–Kier alpha value is -8.15. The molecule has 0 unspecified atom stereocenters. The second-order valence-corrected chi connectivity index (χ2v) is 16.8. The molecule has 5 nitrogen and oxygen atoms in total. The first-order valence-corrected chi connectivity index (χ1v) is 21.4. The summed E-state index contributed by atoms with van der Waals surface area (Å²) < 4.78 is 6.79. The van der Waals surface area contributed by atoms with Crippen LogP contribution in [0.5, 0.6) is 0 Å². The van der Waals surface area contributed by atoms with Gasteiger partial charge in [0.15, 0.2) is 17.5 Å². The molecular formula is C58H40N4O. The molecule has 0 saturated heterocycles. The summed E-state index contributed by atoms with van der Waals surface area (Å²) >= 11 is 0. The molecule has 11 aromatic rings. The fraction of sp³-hybridized carbons (Fsp3) is 0.0517. The van der Waals surface area contributed by atoms with E-state index in [4.69, 9.17) is 19.4 Å². The van der Waals surface area contributed by atoms with Crippen LogP contribution in [0.1, 0.15) is 25.0 Å². The maximum absolute atomic E-state index is 6.79. The van der Waals surface area contributed by atoms with E-state index in [0.717, 1.165) is 66.5 Å². The third kappa shape index (κ3) is 6.12. The second-order valence-electron chi connectivity index (χ2n) is 16.8. The van der Waals surface area contributed by atoms with Gasteiger partial charge < -0.3 is 9.32 Å². The monoisotopic (exact) mass is 808 g/mol. The Bertz CT molecular complexity index is 3530. The smallest absolute Gasteiger partial charge is 0.164 e. The molecule has 12 rings (SSSR count). The van der Waals surface area contributed by atoms with Crippen LogP contribution in [0.4, 0.5) is 17.1 Å². The van der Waals surface area contributed by atoms with Crippen molar-refractivity contribution in [1.82, 2.24) is 15.0 Å². The number of rotatable bonds is 7. The minimum Gasteiger partial charge on any atom is -0.456 e. The summed E-state index contributed by atoms with van der Waals surface area (Å²) in [5, 5.41) is 4.17. The molecule has 0 spiro atoms. The molecule has 0 amide bonds. The molecule has 0 aliphatic heterocycles. The lowest BCUT2D eigenvalue weighted by atomic mass is 9.82. The summed E-state index contributed by atoms with van der Waals surface area (Å²) in [6.07, 6.45) is 0. The third-order valence-electron chi connectivity index (χ3n) is 12.7. The van der Waals surface area contributed by atoms with E-state index in [2.05, 4.69) is 183 Å². The lowest BCUT2D eigenvalue weighted by Crippen LogP contribution is -2.16. The number of benzene rings is 9. The number of fused-ring (bicyclic) bond motifs is 7. The summed E-state index contributed by atoms with van der Waals surface area (Å²) in [4.78, 5) is 17.8. The summed E-state index contributed by atoms with van der Waals surface area (Å²) in [6.45, 7) is 4.66. The molecule has 0 atom stereocenters. The van der Waals surface area contributed by atoms with E-state index >= 15 is 0 Å². The van der Waals surface area contributed by atoms with Gasteiger partial charge in [-0.3, -0.25) is 0 Å². The average Bonchev–Trinajstić information content (AvgIpc) is 3.83. The van der Waals surface area contributed by atoms with Gasteiger partial charge in [-0.05, 0) is 86.6 Å². The lowest BCUT2D eigenvalue weighted by molar-refractivity contribution is 0.660. The fourth-order valence-electron chi connectivity index (χ4n) is 9.61. The van der Waals surface area contributed by atoms with Crippen molar-refractivity contribution in [2.75, 3.05) is 4.90 Å². The van der Waals surface area contributed by atoms with Gasteiger partial charge >= 0.3 is 0 Å². The Labute approximate surface area is 365 Å². The average molecular weight is 809 g/mol. The Kier molecular flexibility index (Phi) is 8.44. The van der Waals surface area contributed by atoms with Crippen molar-refractivity contribution in [2.24, 2.45) is 0 Å². The van der Waals surface area contributed by atoms with Crippen LogP contribution < -0.4 is 4.90 Å². The zero-order chi connectivity index (χ0) is 42.1. The highest BCUT2D eigenvalue weighted by Crippen LogP contribution is 2.51. The van der Waals surface area contributed by atoms with Gasteiger partial charge in [0.1, 0.15) is 11.2 Å². The predicted octanol–water partition coefficient (Wildman–Crippen LogP) is 15.4. The predicted molar refractivity (Wildman–Crippen MR) is 259 cm³/mol. The number of aromatic nitrogens is 3. The topological polar surface area (TPSA) is 55.1 Å². The van der Waals surface area contributed by atoms with Gasteiger partial charge in [0.25, 0.3) is 0 Å². The summed E-state index contributed by atoms with van der Waals surface area (Å²) in [7, 11) is 0. The van der Waals surface area contributed by atoms with Gasteiger partial charge in [-0.25, -0.2) is 15.0 Å². The van der Waals surface area contributed by atoms with E-state index in [1.54, 1.807) is 0 Å². The Balaban J connectivity index is 1.02. The van der Waals surface area contributed by atoms with Crippen LogP contribution in [-0.4, -0.2) is 15.0 Å². The van der Waals surface area contributed by atoms with Gasteiger partial charge in [-0.2, -0.15) is 0 Å². The first-order chi connectivity index (χ1) is 31.0. The van der Waals surface area contributed by atoms with Gasteiger partial charge in [-0.15, -0.1) is 0 Å². The van der Waals surface area contributed by atoms with Crippen LogP contribution in [0.2, 0.25) is 0 Å². The highest BCUT2D eigenvalue weighted by molar-refractivity contribution is 6.12. The zero-order valence-corrected chi connectivity index (χ0v) is 34.8. The molecule has 0 bridgehead atoms. The molecule has 1 aliphatic rings. The number of anilines is 3. The Morgan fingerprint density at radius 2 is 0.952 bits per heavy atom. The van der Waals surface area contributed by atoms with Crippen LogP contribution >= 0.6 is 0 Å². The molecule has 0 fully saturated rings. The molecule has 0 saturated carbocycles. The normalized spacial score (nSPS) is 12.7. The molecule has 2 heterocycles. The van der Waals surface area contributed by atoms with Crippen molar-refractivity contribution in [1.29, 1.82) is 0 Å². The van der Waals surface area contributed by atoms with Crippen LogP contribution in [0.25, 0.3) is 89.1 Å². The van der Waals surface area contributed by atoms with Crippen LogP contribution in [-0.2, 0) is 5.41 Å². The van der Waals surface area contributed by atoms with Crippen molar-refractivity contribution in [3.63, 3.8) is 0 Å². The van der Waals surface area contributed by atoms with Crippen LogP contribution in [0.3, 0.4) is 0 Å². The van der Waals surface area contributed by atoms with E-state index in [9.17, 15) is 0 Å². The molecule has 0 N–H and O–H groups in total. The minimum atomic E-state index is -0.146. The fourth-order valence-corrected chi connectivity index (χ4v) is 9.61. The SMILES string of the molecule is CC1(C)c2ccccc2-c2ccc(N(c3ccc(-c4ccccc4)cc3)c3ccc4c(c3)oc3cccc(-c5nc(-c6ccccc6)nc(-c6cccc7ccccc67)n5)c34)cc21. The first-order valence-electron chi connectivity index (χ1n) is 21.4. The van der Waals surface area contributed by atoms with E-state index in [1.807, 2.05) is 42.5 Å². The standard InChI is InChI=1S/C58H40N4O/c1-58(2)50-25-12-11-22-45(50)46-33-31-42(35-51(46)58)62(41-29-27-38(28-30-41)37-15-5-3-6-16-37)43-32-34-48-53(36-43)63-52-26-14-24-49(54(48)52)57-60-55(40-18-7-4-8-19-40)59-56(61-57)47-23-13-20-39-17-9-10-21-44(39)47/h3-36H,1-2H3. The summed E-state index contributed by atoms with van der Waals surface area (Å²) in [5.41, 5.74) is 14.9. The highest BCUT2D eigenvalue weighted by Gasteiger charge is 2.36. The maximum Gasteiger partial charge on any atom is 0.164 e. The molecule has 63 heavy (non-hydrogen) atoms. The van der Waals surface area contributed by atoms with Crippen LogP contribution in [0, 0.1) is 0 Å². The van der Waals surface area contributed by atoms with E-state index in [0.29, 0.717) is 17.5 Å². The molecule has 298 valence electrons. The van der Waals surface area contributed by atoms with Crippen molar-refractivity contribution in [2.45, 2.75) is 19.3 Å². The zero-order valence-electron chi connectivity index (χ0n) is 34.8.